The molecule has 0 radical (unpaired) electrons. The van der Waals surface area contributed by atoms with Gasteiger partial charge in [0.2, 0.25) is 11.6 Å². The Morgan fingerprint density at radius 2 is 2.11 bits per heavy atom. The minimum absolute atomic E-state index is 0.108. The maximum absolute atomic E-state index is 11.9. The van der Waals surface area contributed by atoms with Crippen molar-refractivity contribution in [2.45, 2.75) is 33.6 Å². The van der Waals surface area contributed by atoms with Gasteiger partial charge in [0.25, 0.3) is 0 Å². The van der Waals surface area contributed by atoms with Crippen LogP contribution in [0.5, 0.6) is 0 Å². The van der Waals surface area contributed by atoms with Crippen LogP contribution in [0.3, 0.4) is 0 Å². The number of anilines is 3. The molecule has 0 amide bonds. The van der Waals surface area contributed by atoms with Crippen LogP contribution in [-0.2, 0) is 9.53 Å². The Balaban J connectivity index is 1.82. The Hall–Kier alpha value is -2.82. The molecule has 11 heteroatoms. The van der Waals surface area contributed by atoms with Gasteiger partial charge >= 0.3 is 11.7 Å². The molecule has 1 aliphatic rings. The minimum atomic E-state index is -0.484. The summed E-state index contributed by atoms with van der Waals surface area (Å²) in [5.41, 5.74) is 0.674. The highest BCUT2D eigenvalue weighted by Gasteiger charge is 2.32. The second-order valence-electron chi connectivity index (χ2n) is 6.45. The number of piperidine rings is 1. The van der Waals surface area contributed by atoms with Crippen molar-refractivity contribution in [3.63, 3.8) is 0 Å². The van der Waals surface area contributed by atoms with Gasteiger partial charge in [-0.3, -0.25) is 14.9 Å². The van der Waals surface area contributed by atoms with Crippen LogP contribution in [0.25, 0.3) is 0 Å². The van der Waals surface area contributed by atoms with Crippen LogP contribution in [-0.4, -0.2) is 45.5 Å². The number of hydrogen-bond donors (Lipinski definition) is 1. The van der Waals surface area contributed by atoms with Crippen molar-refractivity contribution in [2.24, 2.45) is 5.92 Å². The first-order valence-corrected chi connectivity index (χ1v) is 9.84. The summed E-state index contributed by atoms with van der Waals surface area (Å²) in [6.45, 7) is 6.90. The van der Waals surface area contributed by atoms with Crippen molar-refractivity contribution in [1.82, 2.24) is 15.0 Å². The number of nitro groups is 1. The third-order valence-electron chi connectivity index (χ3n) is 4.65. The number of ether oxygens (including phenoxy) is 1. The molecule has 0 aromatic carbocycles. The number of esters is 1. The SMILES string of the molecule is CCOC(=O)C1CCN(c2ncnc(Nc3nc(C)c(C)s3)c2[N+](=O)[O-])CC1. The Morgan fingerprint density at radius 1 is 1.39 bits per heavy atom. The van der Waals surface area contributed by atoms with Gasteiger partial charge in [-0.2, -0.15) is 0 Å². The van der Waals surface area contributed by atoms with Crippen LogP contribution >= 0.6 is 11.3 Å². The first-order chi connectivity index (χ1) is 13.4. The molecule has 1 fully saturated rings. The van der Waals surface area contributed by atoms with Gasteiger partial charge in [-0.25, -0.2) is 15.0 Å². The summed E-state index contributed by atoms with van der Waals surface area (Å²) in [6.07, 6.45) is 2.43. The number of hydrogen-bond acceptors (Lipinski definition) is 10. The molecule has 1 N–H and O–H groups in total. The zero-order valence-corrected chi connectivity index (χ0v) is 16.8. The van der Waals surface area contributed by atoms with E-state index in [9.17, 15) is 14.9 Å². The summed E-state index contributed by atoms with van der Waals surface area (Å²) in [5, 5.41) is 15.3. The van der Waals surface area contributed by atoms with Crippen molar-refractivity contribution in [3.8, 4) is 0 Å². The number of aryl methyl sites for hydroxylation is 2. The number of thiazole rings is 1. The molecular weight excluding hydrogens is 384 g/mol. The van der Waals surface area contributed by atoms with Gasteiger partial charge in [0.05, 0.1) is 23.1 Å². The van der Waals surface area contributed by atoms with Crippen molar-refractivity contribution < 1.29 is 14.5 Å². The van der Waals surface area contributed by atoms with Crippen LogP contribution in [0.1, 0.15) is 30.3 Å². The Kier molecular flexibility index (Phi) is 6.02. The zero-order valence-electron chi connectivity index (χ0n) is 16.0. The van der Waals surface area contributed by atoms with Crippen LogP contribution in [0, 0.1) is 29.9 Å². The number of aromatic nitrogens is 3. The molecule has 3 rings (SSSR count). The number of nitrogens with zero attached hydrogens (tertiary/aromatic N) is 5. The maximum Gasteiger partial charge on any atom is 0.353 e. The zero-order chi connectivity index (χ0) is 20.3. The van der Waals surface area contributed by atoms with Crippen molar-refractivity contribution in [2.75, 3.05) is 29.9 Å². The molecule has 0 unspecified atom stereocenters. The molecule has 10 nitrogen and oxygen atoms in total. The molecule has 0 bridgehead atoms. The lowest BCUT2D eigenvalue weighted by Crippen LogP contribution is -2.37. The Morgan fingerprint density at radius 3 is 2.68 bits per heavy atom. The monoisotopic (exact) mass is 406 g/mol. The fourth-order valence-corrected chi connectivity index (χ4v) is 3.89. The summed E-state index contributed by atoms with van der Waals surface area (Å²) < 4.78 is 5.07. The maximum atomic E-state index is 11.9. The summed E-state index contributed by atoms with van der Waals surface area (Å²) in [4.78, 5) is 38.6. The van der Waals surface area contributed by atoms with Crippen molar-refractivity contribution in [1.29, 1.82) is 0 Å². The normalized spacial score (nSPS) is 14.8. The van der Waals surface area contributed by atoms with Gasteiger partial charge in [-0.05, 0) is 33.6 Å². The van der Waals surface area contributed by atoms with Crippen LogP contribution in [0.15, 0.2) is 6.33 Å². The third-order valence-corrected chi connectivity index (χ3v) is 5.64. The molecule has 3 heterocycles. The molecule has 0 atom stereocenters. The summed E-state index contributed by atoms with van der Waals surface area (Å²) in [6, 6.07) is 0. The van der Waals surface area contributed by atoms with Gasteiger partial charge in [-0.1, -0.05) is 0 Å². The van der Waals surface area contributed by atoms with E-state index in [1.165, 1.54) is 17.7 Å². The summed E-state index contributed by atoms with van der Waals surface area (Å²) >= 11 is 1.41. The predicted octanol–water partition coefficient (Wildman–Crippen LogP) is 2.98. The van der Waals surface area contributed by atoms with E-state index in [1.54, 1.807) is 6.92 Å². The molecular formula is C17H22N6O4S. The highest BCUT2D eigenvalue weighted by Crippen LogP contribution is 2.36. The van der Waals surface area contributed by atoms with Crippen LogP contribution < -0.4 is 10.2 Å². The average Bonchev–Trinajstić information content (AvgIpc) is 2.98. The Labute approximate surface area is 166 Å². The molecule has 0 aliphatic carbocycles. The molecule has 1 saturated heterocycles. The summed E-state index contributed by atoms with van der Waals surface area (Å²) in [7, 11) is 0. The van der Waals surface area contributed by atoms with Gasteiger partial charge in [0, 0.05) is 18.0 Å². The highest BCUT2D eigenvalue weighted by atomic mass is 32.1. The van der Waals surface area contributed by atoms with Crippen molar-refractivity contribution in [3.05, 3.63) is 27.0 Å². The lowest BCUT2D eigenvalue weighted by atomic mass is 9.97. The average molecular weight is 406 g/mol. The number of nitrogens with one attached hydrogen (secondary N) is 1. The predicted molar refractivity (Wildman–Crippen MR) is 105 cm³/mol. The first-order valence-electron chi connectivity index (χ1n) is 9.02. The fraction of sp³-hybridized carbons (Fsp3) is 0.529. The van der Waals surface area contributed by atoms with E-state index in [0.717, 1.165) is 10.6 Å². The van der Waals surface area contributed by atoms with E-state index >= 15 is 0 Å². The van der Waals surface area contributed by atoms with E-state index in [4.69, 9.17) is 4.74 Å². The molecule has 2 aromatic rings. The smallest absolute Gasteiger partial charge is 0.353 e. The van der Waals surface area contributed by atoms with Crippen LogP contribution in [0.2, 0.25) is 0 Å². The number of carbonyl (C=O) groups excluding carboxylic acids is 1. The van der Waals surface area contributed by atoms with E-state index < -0.39 is 4.92 Å². The van der Waals surface area contributed by atoms with E-state index in [0.29, 0.717) is 37.7 Å². The largest absolute Gasteiger partial charge is 0.466 e. The van der Waals surface area contributed by atoms with E-state index in [2.05, 4.69) is 20.3 Å². The topological polar surface area (TPSA) is 123 Å². The number of carbonyl (C=O) groups is 1. The Bertz CT molecular complexity index is 859. The lowest BCUT2D eigenvalue weighted by Gasteiger charge is -2.31. The molecule has 0 saturated carbocycles. The molecule has 1 aliphatic heterocycles. The fourth-order valence-electron chi connectivity index (χ4n) is 3.08. The minimum Gasteiger partial charge on any atom is -0.466 e. The lowest BCUT2D eigenvalue weighted by molar-refractivity contribution is -0.383. The summed E-state index contributed by atoms with van der Waals surface area (Å²) in [5.74, 6) is -0.0433. The molecule has 28 heavy (non-hydrogen) atoms. The number of rotatable bonds is 6. The standard InChI is InChI=1S/C17H22N6O4S/c1-4-27-16(24)12-5-7-22(8-6-12)15-13(23(25)26)14(18-9-19-15)21-17-20-10(2)11(3)28-17/h9,12H,4-8H2,1-3H3,(H,18,19,20,21). The van der Waals surface area contributed by atoms with Gasteiger partial charge in [0.15, 0.2) is 5.13 Å². The van der Waals surface area contributed by atoms with Gasteiger partial charge in [-0.15, -0.1) is 11.3 Å². The third kappa shape index (κ3) is 4.19. The molecule has 150 valence electrons. The second kappa shape index (κ2) is 8.46. The van der Waals surface area contributed by atoms with Gasteiger partial charge in [0.1, 0.15) is 6.33 Å². The van der Waals surface area contributed by atoms with Crippen molar-refractivity contribution >= 4 is 39.8 Å². The van der Waals surface area contributed by atoms with Gasteiger partial charge < -0.3 is 15.0 Å². The second-order valence-corrected chi connectivity index (χ2v) is 7.65. The molecule has 0 spiro atoms. The van der Waals surface area contributed by atoms with Crippen LogP contribution in [0.4, 0.5) is 22.5 Å². The quantitative estimate of drug-likeness (QED) is 0.438. The highest BCUT2D eigenvalue weighted by molar-refractivity contribution is 7.15. The van der Waals surface area contributed by atoms with E-state index in [-0.39, 0.29) is 29.2 Å². The molecule has 2 aromatic heterocycles. The van der Waals surface area contributed by atoms with E-state index in [1.807, 2.05) is 18.7 Å². The first kappa shape index (κ1) is 19.9.